The van der Waals surface area contributed by atoms with Crippen LogP contribution in [0.5, 0.6) is 0 Å². The van der Waals surface area contributed by atoms with Gasteiger partial charge in [0.15, 0.2) is 0 Å². The van der Waals surface area contributed by atoms with Crippen LogP contribution in [0.3, 0.4) is 0 Å². The van der Waals surface area contributed by atoms with Crippen LogP contribution in [0.4, 0.5) is 11.4 Å². The largest absolute Gasteiger partial charge is 0.397 e. The second-order valence-corrected chi connectivity index (χ2v) is 3.95. The van der Waals surface area contributed by atoms with Gasteiger partial charge in [0.1, 0.15) is 0 Å². The van der Waals surface area contributed by atoms with Crippen LogP contribution in [0, 0.1) is 6.92 Å². The van der Waals surface area contributed by atoms with E-state index in [9.17, 15) is 4.79 Å². The van der Waals surface area contributed by atoms with E-state index in [0.717, 1.165) is 12.0 Å². The van der Waals surface area contributed by atoms with E-state index in [1.54, 1.807) is 6.07 Å². The molecule has 1 amide bonds. The first-order chi connectivity index (χ1) is 8.15. The number of aryl methyl sites for hydroxylation is 1. The Morgan fingerprint density at radius 3 is 2.82 bits per heavy atom. The Bertz CT molecular complexity index is 357. The molecule has 0 unspecified atom stereocenters. The van der Waals surface area contributed by atoms with Gasteiger partial charge in [-0.25, -0.2) is 0 Å². The topological polar surface area (TPSA) is 64.3 Å². The number of nitrogen functional groups attached to an aromatic ring is 1. The molecule has 0 saturated carbocycles. The van der Waals surface area contributed by atoms with Gasteiger partial charge in [0.2, 0.25) is 5.91 Å². The molecule has 0 aliphatic heterocycles. The van der Waals surface area contributed by atoms with Crippen molar-refractivity contribution in [2.45, 2.75) is 26.7 Å². The summed E-state index contributed by atoms with van der Waals surface area (Å²) < 4.78 is 5.26. The lowest BCUT2D eigenvalue weighted by atomic mass is 10.1. The van der Waals surface area contributed by atoms with Gasteiger partial charge in [0.25, 0.3) is 0 Å². The van der Waals surface area contributed by atoms with Crippen LogP contribution in [0.15, 0.2) is 18.2 Å². The number of carbonyl (C=O) groups is 1. The molecule has 0 aromatic heterocycles. The molecular formula is C13H20N2O2. The Morgan fingerprint density at radius 2 is 2.18 bits per heavy atom. The minimum absolute atomic E-state index is 0.0675. The van der Waals surface area contributed by atoms with Crippen LogP contribution in [0.1, 0.15) is 25.3 Å². The zero-order chi connectivity index (χ0) is 12.7. The number of nitrogens with one attached hydrogen (secondary N) is 1. The molecule has 1 rings (SSSR count). The highest BCUT2D eigenvalue weighted by Crippen LogP contribution is 2.22. The highest BCUT2D eigenvalue weighted by Gasteiger charge is 2.07. The van der Waals surface area contributed by atoms with Gasteiger partial charge in [-0.1, -0.05) is 19.1 Å². The third-order valence-corrected chi connectivity index (χ3v) is 2.39. The van der Waals surface area contributed by atoms with Crippen molar-refractivity contribution < 1.29 is 9.53 Å². The van der Waals surface area contributed by atoms with Crippen molar-refractivity contribution in [3.05, 3.63) is 23.8 Å². The molecule has 0 saturated heterocycles. The zero-order valence-electron chi connectivity index (χ0n) is 10.5. The number of ether oxygens (including phenoxy) is 1. The van der Waals surface area contributed by atoms with Crippen molar-refractivity contribution in [2.24, 2.45) is 0 Å². The maximum Gasteiger partial charge on any atom is 0.226 e. The van der Waals surface area contributed by atoms with E-state index < -0.39 is 0 Å². The summed E-state index contributed by atoms with van der Waals surface area (Å²) in [6.07, 6.45) is 1.32. The summed E-state index contributed by atoms with van der Waals surface area (Å²) in [5.74, 6) is -0.0675. The van der Waals surface area contributed by atoms with Crippen molar-refractivity contribution in [1.29, 1.82) is 0 Å². The summed E-state index contributed by atoms with van der Waals surface area (Å²) in [5.41, 5.74) is 8.06. The number of carbonyl (C=O) groups excluding carboxylic acids is 1. The number of nitrogens with two attached hydrogens (primary N) is 1. The Hall–Kier alpha value is -1.55. The number of amides is 1. The maximum atomic E-state index is 11.6. The number of rotatable bonds is 6. The molecule has 1 aromatic rings. The zero-order valence-corrected chi connectivity index (χ0v) is 10.5. The number of benzene rings is 1. The smallest absolute Gasteiger partial charge is 0.226 e. The number of para-hydroxylation sites is 1. The van der Waals surface area contributed by atoms with Crippen LogP contribution in [0.2, 0.25) is 0 Å². The molecule has 4 heteroatoms. The molecule has 17 heavy (non-hydrogen) atoms. The first-order valence-corrected chi connectivity index (χ1v) is 5.87. The van der Waals surface area contributed by atoms with Gasteiger partial charge in [-0.05, 0) is 25.0 Å². The highest BCUT2D eigenvalue weighted by atomic mass is 16.5. The Balaban J connectivity index is 2.45. The molecule has 0 heterocycles. The van der Waals surface area contributed by atoms with Crippen molar-refractivity contribution in [1.82, 2.24) is 0 Å². The molecule has 0 bridgehead atoms. The van der Waals surface area contributed by atoms with Crippen molar-refractivity contribution >= 4 is 17.3 Å². The summed E-state index contributed by atoms with van der Waals surface area (Å²) in [5, 5.41) is 2.81. The molecule has 0 radical (unpaired) electrons. The van der Waals surface area contributed by atoms with E-state index in [1.807, 2.05) is 26.0 Å². The standard InChI is InChI=1S/C13H20N2O2/c1-3-8-17-9-7-12(16)15-13-10(2)5-4-6-11(13)14/h4-6H,3,7-9,14H2,1-2H3,(H,15,16). The Morgan fingerprint density at radius 1 is 1.41 bits per heavy atom. The molecule has 0 spiro atoms. The number of anilines is 2. The molecular weight excluding hydrogens is 216 g/mol. The summed E-state index contributed by atoms with van der Waals surface area (Å²) >= 11 is 0. The second-order valence-electron chi connectivity index (χ2n) is 3.95. The van der Waals surface area contributed by atoms with Crippen molar-refractivity contribution in [3.8, 4) is 0 Å². The van der Waals surface area contributed by atoms with E-state index >= 15 is 0 Å². The minimum atomic E-state index is -0.0675. The van der Waals surface area contributed by atoms with Gasteiger partial charge >= 0.3 is 0 Å². The maximum absolute atomic E-state index is 11.6. The first kappa shape index (κ1) is 13.5. The van der Waals surface area contributed by atoms with Gasteiger partial charge < -0.3 is 15.8 Å². The van der Waals surface area contributed by atoms with Gasteiger partial charge in [-0.2, -0.15) is 0 Å². The average molecular weight is 236 g/mol. The molecule has 0 aliphatic carbocycles. The minimum Gasteiger partial charge on any atom is -0.397 e. The molecule has 1 aromatic carbocycles. The fourth-order valence-corrected chi connectivity index (χ4v) is 1.47. The lowest BCUT2D eigenvalue weighted by Crippen LogP contribution is -2.16. The summed E-state index contributed by atoms with van der Waals surface area (Å²) in [6, 6.07) is 5.56. The molecule has 94 valence electrons. The van der Waals surface area contributed by atoms with Crippen LogP contribution in [-0.4, -0.2) is 19.1 Å². The normalized spacial score (nSPS) is 10.2. The van der Waals surface area contributed by atoms with Crippen LogP contribution >= 0.6 is 0 Å². The van der Waals surface area contributed by atoms with E-state index in [0.29, 0.717) is 31.0 Å². The Kier molecular flexibility index (Phi) is 5.49. The lowest BCUT2D eigenvalue weighted by Gasteiger charge is -2.11. The molecule has 0 atom stereocenters. The lowest BCUT2D eigenvalue weighted by molar-refractivity contribution is -0.117. The van der Waals surface area contributed by atoms with Crippen LogP contribution in [-0.2, 0) is 9.53 Å². The van der Waals surface area contributed by atoms with Gasteiger partial charge in [0.05, 0.1) is 24.4 Å². The monoisotopic (exact) mass is 236 g/mol. The average Bonchev–Trinajstić information content (AvgIpc) is 2.30. The Labute approximate surface area is 102 Å². The predicted molar refractivity (Wildman–Crippen MR) is 69.9 cm³/mol. The number of hydrogen-bond acceptors (Lipinski definition) is 3. The molecule has 0 fully saturated rings. The third kappa shape index (κ3) is 4.44. The second kappa shape index (κ2) is 6.91. The van der Waals surface area contributed by atoms with Gasteiger partial charge in [-0.15, -0.1) is 0 Å². The van der Waals surface area contributed by atoms with E-state index in [1.165, 1.54) is 0 Å². The van der Waals surface area contributed by atoms with E-state index in [2.05, 4.69) is 5.32 Å². The summed E-state index contributed by atoms with van der Waals surface area (Å²) in [7, 11) is 0. The van der Waals surface area contributed by atoms with Gasteiger partial charge in [0, 0.05) is 6.61 Å². The predicted octanol–water partition coefficient (Wildman–Crippen LogP) is 2.33. The summed E-state index contributed by atoms with van der Waals surface area (Å²) in [4.78, 5) is 11.6. The SMILES string of the molecule is CCCOCCC(=O)Nc1c(C)cccc1N. The van der Waals surface area contributed by atoms with Crippen LogP contribution < -0.4 is 11.1 Å². The fourth-order valence-electron chi connectivity index (χ4n) is 1.47. The highest BCUT2D eigenvalue weighted by molar-refractivity contribution is 5.94. The molecule has 4 nitrogen and oxygen atoms in total. The van der Waals surface area contributed by atoms with E-state index in [-0.39, 0.29) is 5.91 Å². The van der Waals surface area contributed by atoms with Crippen molar-refractivity contribution in [3.63, 3.8) is 0 Å². The fraction of sp³-hybridized carbons (Fsp3) is 0.462. The van der Waals surface area contributed by atoms with Crippen LogP contribution in [0.25, 0.3) is 0 Å². The number of hydrogen-bond donors (Lipinski definition) is 2. The first-order valence-electron chi connectivity index (χ1n) is 5.87. The van der Waals surface area contributed by atoms with Gasteiger partial charge in [-0.3, -0.25) is 4.79 Å². The third-order valence-electron chi connectivity index (χ3n) is 2.39. The summed E-state index contributed by atoms with van der Waals surface area (Å²) in [6.45, 7) is 5.10. The molecule has 0 aliphatic rings. The van der Waals surface area contributed by atoms with E-state index in [4.69, 9.17) is 10.5 Å². The van der Waals surface area contributed by atoms with Crippen molar-refractivity contribution in [2.75, 3.05) is 24.3 Å². The molecule has 3 N–H and O–H groups in total. The quantitative estimate of drug-likeness (QED) is 0.588.